The zero-order valence-corrected chi connectivity index (χ0v) is 5.47. The van der Waals surface area contributed by atoms with Crippen LogP contribution >= 0.6 is 21.6 Å². The second-order valence-electron chi connectivity index (χ2n) is 1.14. The Hall–Kier alpha value is 0.180. The minimum absolute atomic E-state index is 1.14. The largest absolute Gasteiger partial charge is 0.0854 e. The Morgan fingerprint density at radius 2 is 2.29 bits per heavy atom. The van der Waals surface area contributed by atoms with Gasteiger partial charge in [0.2, 0.25) is 0 Å². The highest BCUT2D eigenvalue weighted by molar-refractivity contribution is 8.77. The lowest BCUT2D eigenvalue weighted by molar-refractivity contribution is 1.78. The molecule has 0 fully saturated rings. The first-order valence-corrected chi connectivity index (χ1v) is 4.48. The molecule has 1 aliphatic heterocycles. The second-order valence-corrected chi connectivity index (χ2v) is 3.46. The van der Waals surface area contributed by atoms with Crippen LogP contribution in [0.2, 0.25) is 0 Å². The molecule has 0 atom stereocenters. The van der Waals surface area contributed by atoms with Crippen LogP contribution in [0.25, 0.3) is 0 Å². The van der Waals surface area contributed by atoms with E-state index >= 15 is 0 Å². The molecule has 1 heterocycles. The van der Waals surface area contributed by atoms with Crippen molar-refractivity contribution in [3.63, 3.8) is 0 Å². The lowest BCUT2D eigenvalue weighted by Gasteiger charge is -1.81. The molecule has 0 aromatic rings. The fourth-order valence-corrected chi connectivity index (χ4v) is 1.73. The zero-order valence-electron chi connectivity index (χ0n) is 3.83. The first-order chi connectivity index (χ1) is 3.50. The predicted octanol–water partition coefficient (Wildman–Crippen LogP) is 2.45. The summed E-state index contributed by atoms with van der Waals surface area (Å²) in [6.07, 6.45) is 6.29. The quantitative estimate of drug-likeness (QED) is 0.462. The topological polar surface area (TPSA) is 0 Å². The number of hydrogen-bond donors (Lipinski definition) is 0. The Bertz CT molecular complexity index is 82.3. The Morgan fingerprint density at radius 3 is 3.29 bits per heavy atom. The van der Waals surface area contributed by atoms with Crippen molar-refractivity contribution in [1.82, 2.24) is 0 Å². The molecule has 0 saturated heterocycles. The van der Waals surface area contributed by atoms with Crippen LogP contribution in [0.15, 0.2) is 23.6 Å². The summed E-state index contributed by atoms with van der Waals surface area (Å²) in [6.45, 7) is 0. The molecule has 1 aliphatic rings. The molecule has 0 saturated carbocycles. The number of hydrogen-bond acceptors (Lipinski definition) is 2. The Balaban J connectivity index is 2.39. The fourth-order valence-electron chi connectivity index (χ4n) is 0.329. The van der Waals surface area contributed by atoms with Crippen LogP contribution in [0.4, 0.5) is 0 Å². The summed E-state index contributed by atoms with van der Waals surface area (Å²) in [5, 5.41) is 2.09. The van der Waals surface area contributed by atoms with Gasteiger partial charge in [-0.2, -0.15) is 0 Å². The zero-order chi connectivity index (χ0) is 4.95. The molecular weight excluding hydrogens is 124 g/mol. The van der Waals surface area contributed by atoms with Crippen molar-refractivity contribution >= 4 is 21.6 Å². The van der Waals surface area contributed by atoms with E-state index in [2.05, 4.69) is 23.6 Å². The molecule has 2 heteroatoms. The van der Waals surface area contributed by atoms with Crippen molar-refractivity contribution in [2.45, 2.75) is 0 Å². The highest BCUT2D eigenvalue weighted by atomic mass is 33.1. The summed E-state index contributed by atoms with van der Waals surface area (Å²) in [5.41, 5.74) is 0. The van der Waals surface area contributed by atoms with Gasteiger partial charge in [-0.05, 0) is 5.41 Å². The van der Waals surface area contributed by atoms with Crippen LogP contribution in [-0.2, 0) is 0 Å². The smallest absolute Gasteiger partial charge is 0.0224 e. The highest BCUT2D eigenvalue weighted by Gasteiger charge is 1.82. The van der Waals surface area contributed by atoms with Gasteiger partial charge in [-0.3, -0.25) is 0 Å². The number of allylic oxidation sites excluding steroid dienone is 2. The van der Waals surface area contributed by atoms with Gasteiger partial charge in [0.1, 0.15) is 0 Å². The lowest BCUT2D eigenvalue weighted by Crippen LogP contribution is -1.56. The van der Waals surface area contributed by atoms with E-state index in [0.29, 0.717) is 0 Å². The van der Waals surface area contributed by atoms with E-state index in [0.717, 1.165) is 5.75 Å². The van der Waals surface area contributed by atoms with Crippen LogP contribution in [0.5, 0.6) is 0 Å². The fraction of sp³-hybridized carbons (Fsp3) is 0.200. The molecule has 0 nitrogen and oxygen atoms in total. The molecule has 0 aromatic carbocycles. The predicted molar refractivity (Wildman–Crippen MR) is 38.3 cm³/mol. The highest BCUT2D eigenvalue weighted by Crippen LogP contribution is 2.23. The monoisotopic (exact) mass is 130 g/mol. The van der Waals surface area contributed by atoms with Gasteiger partial charge in [0.25, 0.3) is 0 Å². The maximum Gasteiger partial charge on any atom is 0.0224 e. The molecule has 0 N–H and O–H groups in total. The van der Waals surface area contributed by atoms with E-state index in [1.165, 1.54) is 0 Å². The average molecular weight is 130 g/mol. The van der Waals surface area contributed by atoms with Crippen molar-refractivity contribution in [2.75, 3.05) is 5.75 Å². The Labute approximate surface area is 51.5 Å². The van der Waals surface area contributed by atoms with Gasteiger partial charge in [-0.25, -0.2) is 0 Å². The second kappa shape index (κ2) is 3.22. The summed E-state index contributed by atoms with van der Waals surface area (Å²) in [5.74, 6) is 1.14. The van der Waals surface area contributed by atoms with Gasteiger partial charge in [0.15, 0.2) is 0 Å². The summed E-state index contributed by atoms with van der Waals surface area (Å²) in [4.78, 5) is 0. The Morgan fingerprint density at radius 1 is 1.29 bits per heavy atom. The summed E-state index contributed by atoms with van der Waals surface area (Å²) < 4.78 is 0. The van der Waals surface area contributed by atoms with Crippen LogP contribution in [0.1, 0.15) is 0 Å². The van der Waals surface area contributed by atoms with Crippen LogP contribution in [-0.4, -0.2) is 5.75 Å². The van der Waals surface area contributed by atoms with Crippen LogP contribution < -0.4 is 0 Å². The minimum Gasteiger partial charge on any atom is -0.0854 e. The lowest BCUT2D eigenvalue weighted by atomic mass is 10.5. The molecule has 0 spiro atoms. The van der Waals surface area contributed by atoms with Gasteiger partial charge in [0.05, 0.1) is 0 Å². The third kappa shape index (κ3) is 2.09. The van der Waals surface area contributed by atoms with Gasteiger partial charge < -0.3 is 0 Å². The maximum absolute atomic E-state index is 2.15. The molecule has 1 rings (SSSR count). The molecule has 0 aliphatic carbocycles. The third-order valence-corrected chi connectivity index (χ3v) is 2.50. The molecule has 0 amide bonds. The molecule has 0 radical (unpaired) electrons. The van der Waals surface area contributed by atoms with Crippen molar-refractivity contribution in [1.29, 1.82) is 0 Å². The normalized spacial score (nSPS) is 19.4. The first kappa shape index (κ1) is 5.32. The van der Waals surface area contributed by atoms with Crippen LogP contribution in [0, 0.1) is 0 Å². The molecule has 7 heavy (non-hydrogen) atoms. The van der Waals surface area contributed by atoms with E-state index in [-0.39, 0.29) is 0 Å². The van der Waals surface area contributed by atoms with Crippen molar-refractivity contribution in [3.05, 3.63) is 23.6 Å². The number of rotatable bonds is 0. The third-order valence-electron chi connectivity index (χ3n) is 0.614. The SMILES string of the molecule is C1=CCSSC=C1. The molecule has 0 unspecified atom stereocenters. The summed E-state index contributed by atoms with van der Waals surface area (Å²) >= 11 is 0. The molecule has 0 aromatic heterocycles. The van der Waals surface area contributed by atoms with E-state index < -0.39 is 0 Å². The van der Waals surface area contributed by atoms with E-state index in [1.807, 2.05) is 10.8 Å². The van der Waals surface area contributed by atoms with Crippen molar-refractivity contribution in [2.24, 2.45) is 0 Å². The average Bonchev–Trinajstić information content (AvgIpc) is 1.90. The first-order valence-electron chi connectivity index (χ1n) is 2.10. The molecular formula is C5H6S2. The summed E-state index contributed by atoms with van der Waals surface area (Å²) in [7, 11) is 3.65. The van der Waals surface area contributed by atoms with Gasteiger partial charge in [-0.15, -0.1) is 0 Å². The standard InChI is InChI=1S/C5H6S2/c1-2-4-6-7-5-3-1/h1-4H,5H2. The van der Waals surface area contributed by atoms with Gasteiger partial charge >= 0.3 is 0 Å². The van der Waals surface area contributed by atoms with Gasteiger partial charge in [-0.1, -0.05) is 39.8 Å². The Kier molecular flexibility index (Phi) is 2.44. The van der Waals surface area contributed by atoms with E-state index in [4.69, 9.17) is 0 Å². The van der Waals surface area contributed by atoms with Crippen LogP contribution in [0.3, 0.4) is 0 Å². The van der Waals surface area contributed by atoms with E-state index in [1.54, 1.807) is 10.8 Å². The van der Waals surface area contributed by atoms with Crippen molar-refractivity contribution < 1.29 is 0 Å². The maximum atomic E-state index is 2.15. The summed E-state index contributed by atoms with van der Waals surface area (Å²) in [6, 6.07) is 0. The minimum atomic E-state index is 1.14. The van der Waals surface area contributed by atoms with Gasteiger partial charge in [0, 0.05) is 5.75 Å². The molecule has 0 bridgehead atoms. The molecule has 38 valence electrons. The van der Waals surface area contributed by atoms with Crippen molar-refractivity contribution in [3.8, 4) is 0 Å². The van der Waals surface area contributed by atoms with E-state index in [9.17, 15) is 0 Å².